The predicted molar refractivity (Wildman–Crippen MR) is 115 cm³/mol. The second kappa shape index (κ2) is 22.9. The molecule has 0 aliphatic heterocycles. The van der Waals surface area contributed by atoms with Gasteiger partial charge in [-0.2, -0.15) is 0 Å². The van der Waals surface area contributed by atoms with Crippen LogP contribution in [0.15, 0.2) is 0 Å². The molecule has 6 heteroatoms. The van der Waals surface area contributed by atoms with Crippen molar-refractivity contribution in [1.29, 1.82) is 0 Å². The van der Waals surface area contributed by atoms with Crippen LogP contribution in [0.5, 0.6) is 0 Å². The third-order valence-electron chi connectivity index (χ3n) is 4.50. The average molecular weight is 468 g/mol. The van der Waals surface area contributed by atoms with Crippen LogP contribution in [-0.4, -0.2) is 63.6 Å². The molecule has 0 spiro atoms. The zero-order valence-corrected chi connectivity index (χ0v) is 17.7. The fourth-order valence-electron chi connectivity index (χ4n) is 2.87. The molecule has 0 saturated carbocycles. The van der Waals surface area contributed by atoms with Crippen LogP contribution in [0.2, 0.25) is 0 Å². The average Bonchev–Trinajstić information content (AvgIpc) is 2.59. The maximum absolute atomic E-state index is 11.7. The van der Waals surface area contributed by atoms with Gasteiger partial charge in [-0.25, -0.2) is 4.57 Å². The maximum atomic E-state index is 11.7. The van der Waals surface area contributed by atoms with Crippen LogP contribution >= 0.6 is 7.82 Å². The first-order valence-electron chi connectivity index (χ1n) is 10.7. The van der Waals surface area contributed by atoms with Crippen molar-refractivity contribution in [2.75, 3.05) is 13.2 Å². The van der Waals surface area contributed by atoms with Crippen molar-refractivity contribution in [3.05, 3.63) is 0 Å². The fraction of sp³-hybridized carbons (Fsp3) is 1.00. The van der Waals surface area contributed by atoms with Crippen molar-refractivity contribution in [2.45, 2.75) is 117 Å². The summed E-state index contributed by atoms with van der Waals surface area (Å²) in [6, 6.07) is 0. The van der Waals surface area contributed by atoms with Crippen molar-refractivity contribution in [1.82, 2.24) is 0 Å². The normalized spacial score (nSPS) is 11.5. The van der Waals surface area contributed by atoms with Gasteiger partial charge in [-0.15, -0.1) is 0 Å². The summed E-state index contributed by atoms with van der Waals surface area (Å²) < 4.78 is 21.8. The van der Waals surface area contributed by atoms with Gasteiger partial charge >= 0.3 is 53.3 Å². The molecule has 1 N–H and O–H groups in total. The van der Waals surface area contributed by atoms with Gasteiger partial charge in [-0.3, -0.25) is 9.05 Å². The standard InChI is InChI=1S/C20H43O4P.Sr.2H/c1-3-5-7-9-11-13-15-17-19-23-25(21,22)24-20-18-16-14-12-10-8-6-4-2;;;/h3-20H2,1-2H3,(H,21,22);;;. The molecule has 0 fully saturated rings. The SMILES string of the molecule is CCCCCCCCCCOP(=O)(O)OCCCCCCCCCC.[SrH2]. The van der Waals surface area contributed by atoms with Crippen molar-refractivity contribution < 1.29 is 18.5 Å². The third kappa shape index (κ3) is 23.6. The van der Waals surface area contributed by atoms with Crippen molar-refractivity contribution in [2.24, 2.45) is 0 Å². The Morgan fingerprint density at radius 2 is 0.846 bits per heavy atom. The molecule has 0 unspecified atom stereocenters. The number of rotatable bonds is 20. The second-order valence-corrected chi connectivity index (χ2v) is 8.54. The van der Waals surface area contributed by atoms with Gasteiger partial charge in [0, 0.05) is 0 Å². The van der Waals surface area contributed by atoms with Crippen LogP contribution < -0.4 is 0 Å². The van der Waals surface area contributed by atoms with E-state index in [-0.39, 0.29) is 45.5 Å². The molecule has 0 amide bonds. The van der Waals surface area contributed by atoms with Gasteiger partial charge in [0.25, 0.3) is 0 Å². The van der Waals surface area contributed by atoms with E-state index in [0.717, 1.165) is 25.7 Å². The molecule has 0 heterocycles. The quantitative estimate of drug-likeness (QED) is 0.126. The minimum atomic E-state index is -3.83. The molecule has 156 valence electrons. The molecular weight excluding hydrogens is 423 g/mol. The van der Waals surface area contributed by atoms with E-state index in [4.69, 9.17) is 9.05 Å². The number of unbranched alkanes of at least 4 members (excludes halogenated alkanes) is 14. The van der Waals surface area contributed by atoms with Gasteiger partial charge in [0.15, 0.2) is 0 Å². The van der Waals surface area contributed by atoms with Gasteiger partial charge in [0.2, 0.25) is 0 Å². The van der Waals surface area contributed by atoms with E-state index in [1.54, 1.807) is 0 Å². The van der Waals surface area contributed by atoms with Gasteiger partial charge < -0.3 is 4.89 Å². The first-order valence-corrected chi connectivity index (χ1v) is 12.2. The number of phosphoric ester groups is 1. The summed E-state index contributed by atoms with van der Waals surface area (Å²) in [6.45, 7) is 5.09. The van der Waals surface area contributed by atoms with Crippen molar-refractivity contribution >= 4 is 53.3 Å². The summed E-state index contributed by atoms with van der Waals surface area (Å²) >= 11 is 0. The fourth-order valence-corrected chi connectivity index (χ4v) is 3.66. The van der Waals surface area contributed by atoms with Crippen LogP contribution in [0.1, 0.15) is 117 Å². The van der Waals surface area contributed by atoms with Crippen molar-refractivity contribution in [3.8, 4) is 0 Å². The zero-order valence-electron chi connectivity index (χ0n) is 16.8. The number of hydrogen-bond acceptors (Lipinski definition) is 3. The summed E-state index contributed by atoms with van der Waals surface area (Å²) in [5.41, 5.74) is 0. The third-order valence-corrected chi connectivity index (χ3v) is 5.52. The van der Waals surface area contributed by atoms with Crippen molar-refractivity contribution in [3.63, 3.8) is 0 Å². The molecule has 0 bridgehead atoms. The first-order chi connectivity index (χ1) is 12.1. The Morgan fingerprint density at radius 3 is 1.15 bits per heavy atom. The molecule has 0 aliphatic rings. The van der Waals surface area contributed by atoms with E-state index < -0.39 is 7.82 Å². The van der Waals surface area contributed by atoms with Crippen LogP contribution in [-0.2, 0) is 13.6 Å². The Balaban J connectivity index is 0. The monoisotopic (exact) mass is 468 g/mol. The molecule has 0 aromatic heterocycles. The van der Waals surface area contributed by atoms with Gasteiger partial charge in [0.05, 0.1) is 13.2 Å². The van der Waals surface area contributed by atoms with E-state index in [1.165, 1.54) is 77.0 Å². The summed E-state index contributed by atoms with van der Waals surface area (Å²) in [5, 5.41) is 0. The topological polar surface area (TPSA) is 55.8 Å². The molecule has 4 nitrogen and oxygen atoms in total. The van der Waals surface area contributed by atoms with E-state index >= 15 is 0 Å². The van der Waals surface area contributed by atoms with Crippen LogP contribution in [0.4, 0.5) is 0 Å². The van der Waals surface area contributed by atoms with E-state index in [0.29, 0.717) is 13.2 Å². The Bertz CT molecular complexity index is 290. The molecule has 0 aromatic carbocycles. The predicted octanol–water partition coefficient (Wildman–Crippen LogP) is 6.49. The Labute approximate surface area is 200 Å². The van der Waals surface area contributed by atoms with Gasteiger partial charge in [-0.05, 0) is 12.8 Å². The first kappa shape index (κ1) is 29.8. The van der Waals surface area contributed by atoms with Crippen LogP contribution in [0.3, 0.4) is 0 Å². The molecule has 0 rings (SSSR count). The molecule has 0 saturated heterocycles. The van der Waals surface area contributed by atoms with Gasteiger partial charge in [-0.1, -0.05) is 104 Å². The minimum absolute atomic E-state index is 0. The molecule has 0 aliphatic carbocycles. The second-order valence-electron chi connectivity index (χ2n) is 7.08. The number of hydrogen-bond donors (Lipinski definition) is 1. The Kier molecular flexibility index (Phi) is 26.2. The summed E-state index contributed by atoms with van der Waals surface area (Å²) in [7, 11) is -3.83. The zero-order chi connectivity index (χ0) is 18.6. The summed E-state index contributed by atoms with van der Waals surface area (Å²) in [5.74, 6) is 0. The summed E-state index contributed by atoms with van der Waals surface area (Å²) in [6.07, 6.45) is 19.1. The molecule has 0 radical (unpaired) electrons. The molecular formula is C20H45O4PSr. The van der Waals surface area contributed by atoms with E-state index in [1.807, 2.05) is 0 Å². The van der Waals surface area contributed by atoms with Gasteiger partial charge in [0.1, 0.15) is 0 Å². The van der Waals surface area contributed by atoms with E-state index in [2.05, 4.69) is 13.8 Å². The Morgan fingerprint density at radius 1 is 0.577 bits per heavy atom. The molecule has 0 aromatic rings. The summed E-state index contributed by atoms with van der Waals surface area (Å²) in [4.78, 5) is 9.63. The van der Waals surface area contributed by atoms with Crippen LogP contribution in [0, 0.1) is 0 Å². The van der Waals surface area contributed by atoms with Crippen LogP contribution in [0.25, 0.3) is 0 Å². The van der Waals surface area contributed by atoms with E-state index in [9.17, 15) is 9.46 Å². The molecule has 0 atom stereocenters. The number of phosphoric acid groups is 1. The molecule has 26 heavy (non-hydrogen) atoms. The Hall–Kier alpha value is 1.59.